The number of amides is 1. The van der Waals surface area contributed by atoms with E-state index in [1.54, 1.807) is 13.8 Å². The van der Waals surface area contributed by atoms with E-state index in [1.165, 1.54) is 13.8 Å². The van der Waals surface area contributed by atoms with Gasteiger partial charge in [-0.05, 0) is 13.8 Å². The minimum Gasteiger partial charge on any atom is -0.442 e. The zero-order valence-electron chi connectivity index (χ0n) is 10.6. The molecule has 0 fully saturated rings. The maximum atomic E-state index is 11.1. The largest absolute Gasteiger partial charge is 0.442 e. The van der Waals surface area contributed by atoms with Crippen molar-refractivity contribution in [1.82, 2.24) is 4.90 Å². The van der Waals surface area contributed by atoms with E-state index < -0.39 is 24.4 Å². The van der Waals surface area contributed by atoms with Crippen molar-refractivity contribution in [3.8, 4) is 0 Å². The molecule has 0 saturated carbocycles. The van der Waals surface area contributed by atoms with Crippen molar-refractivity contribution in [2.75, 3.05) is 0 Å². The van der Waals surface area contributed by atoms with Gasteiger partial charge in [0, 0.05) is 12.8 Å². The molecular formula is C11H19NO5. The van der Waals surface area contributed by atoms with E-state index in [0.717, 1.165) is 4.90 Å². The summed E-state index contributed by atoms with van der Waals surface area (Å²) >= 11 is 0. The first-order valence-corrected chi connectivity index (χ1v) is 5.57. The third kappa shape index (κ3) is 5.33. The van der Waals surface area contributed by atoms with E-state index in [0.29, 0.717) is 6.41 Å². The number of esters is 2. The average molecular weight is 245 g/mol. The van der Waals surface area contributed by atoms with Gasteiger partial charge in [0.2, 0.25) is 6.41 Å². The summed E-state index contributed by atoms with van der Waals surface area (Å²) in [6.07, 6.45) is -0.596. The van der Waals surface area contributed by atoms with Gasteiger partial charge in [-0.25, -0.2) is 0 Å². The molecule has 6 heteroatoms. The van der Waals surface area contributed by atoms with Gasteiger partial charge in [-0.15, -0.1) is 0 Å². The fourth-order valence-electron chi connectivity index (χ4n) is 1.14. The molecule has 0 bridgehead atoms. The highest BCUT2D eigenvalue weighted by Crippen LogP contribution is 2.07. The summed E-state index contributed by atoms with van der Waals surface area (Å²) in [5.41, 5.74) is 0. The summed E-state index contributed by atoms with van der Waals surface area (Å²) in [5.74, 6) is -0.836. The van der Waals surface area contributed by atoms with Gasteiger partial charge in [-0.1, -0.05) is 13.8 Å². The second-order valence-corrected chi connectivity index (χ2v) is 3.44. The molecule has 0 aromatic carbocycles. The van der Waals surface area contributed by atoms with Gasteiger partial charge in [0.1, 0.15) is 0 Å². The van der Waals surface area contributed by atoms with E-state index >= 15 is 0 Å². The lowest BCUT2D eigenvalue weighted by Crippen LogP contribution is -2.43. The Morgan fingerprint density at radius 1 is 1.06 bits per heavy atom. The van der Waals surface area contributed by atoms with E-state index in [4.69, 9.17) is 9.47 Å². The molecule has 0 saturated heterocycles. The lowest BCUT2D eigenvalue weighted by molar-refractivity contribution is -0.179. The van der Waals surface area contributed by atoms with Crippen LogP contribution < -0.4 is 0 Å². The summed E-state index contributed by atoms with van der Waals surface area (Å²) in [6, 6.07) is 0. The van der Waals surface area contributed by atoms with Crippen LogP contribution in [-0.4, -0.2) is 35.7 Å². The van der Waals surface area contributed by atoms with Gasteiger partial charge >= 0.3 is 11.9 Å². The molecule has 0 aliphatic rings. The number of ether oxygens (including phenoxy) is 2. The molecule has 0 aliphatic heterocycles. The van der Waals surface area contributed by atoms with E-state index in [9.17, 15) is 14.4 Å². The standard InChI is InChI=1S/C11H19NO5/c1-5-10(14)16-8(3)12(7-13)9(4)17-11(15)6-2/h7-9H,5-6H2,1-4H3. The predicted octanol–water partition coefficient (Wildman–Crippen LogP) is 1.04. The maximum Gasteiger partial charge on any atom is 0.307 e. The fourth-order valence-corrected chi connectivity index (χ4v) is 1.14. The smallest absolute Gasteiger partial charge is 0.307 e. The SMILES string of the molecule is CCC(=O)OC(C)N(C=O)C(C)OC(=O)CC. The Balaban J connectivity index is 4.43. The molecule has 0 radical (unpaired) electrons. The summed E-state index contributed by atoms with van der Waals surface area (Å²) in [5, 5.41) is 0. The van der Waals surface area contributed by atoms with E-state index in [2.05, 4.69) is 0 Å². The van der Waals surface area contributed by atoms with Gasteiger partial charge in [-0.2, -0.15) is 0 Å². The van der Waals surface area contributed by atoms with Crippen LogP contribution in [0.5, 0.6) is 0 Å². The monoisotopic (exact) mass is 245 g/mol. The zero-order valence-corrected chi connectivity index (χ0v) is 10.6. The van der Waals surface area contributed by atoms with Crippen LogP contribution in [0.15, 0.2) is 0 Å². The van der Waals surface area contributed by atoms with Gasteiger partial charge in [0.25, 0.3) is 0 Å². The minimum absolute atomic E-state index is 0.222. The Bertz CT molecular complexity index is 255. The van der Waals surface area contributed by atoms with Crippen LogP contribution in [0.1, 0.15) is 40.5 Å². The number of hydrogen-bond donors (Lipinski definition) is 0. The molecule has 2 atom stereocenters. The predicted molar refractivity (Wildman–Crippen MR) is 59.6 cm³/mol. The molecule has 0 spiro atoms. The molecule has 0 heterocycles. The Kier molecular flexibility index (Phi) is 6.93. The number of nitrogens with zero attached hydrogens (tertiary/aromatic N) is 1. The van der Waals surface area contributed by atoms with Crippen molar-refractivity contribution in [2.24, 2.45) is 0 Å². The second kappa shape index (κ2) is 7.65. The molecular weight excluding hydrogens is 226 g/mol. The molecule has 0 aromatic heterocycles. The van der Waals surface area contributed by atoms with Crippen LogP contribution in [0.2, 0.25) is 0 Å². The van der Waals surface area contributed by atoms with Crippen LogP contribution >= 0.6 is 0 Å². The van der Waals surface area contributed by atoms with Crippen LogP contribution in [0.4, 0.5) is 0 Å². The third-order valence-electron chi connectivity index (χ3n) is 2.14. The van der Waals surface area contributed by atoms with Gasteiger partial charge in [0.05, 0.1) is 0 Å². The molecule has 98 valence electrons. The van der Waals surface area contributed by atoms with Crippen molar-refractivity contribution in [1.29, 1.82) is 0 Å². The third-order valence-corrected chi connectivity index (χ3v) is 2.14. The molecule has 17 heavy (non-hydrogen) atoms. The molecule has 2 unspecified atom stereocenters. The first-order valence-electron chi connectivity index (χ1n) is 5.57. The molecule has 0 aliphatic carbocycles. The Morgan fingerprint density at radius 2 is 1.41 bits per heavy atom. The van der Waals surface area contributed by atoms with Crippen LogP contribution in [-0.2, 0) is 23.9 Å². The fraction of sp³-hybridized carbons (Fsp3) is 0.727. The molecule has 6 nitrogen and oxygen atoms in total. The number of carbonyl (C=O) groups is 3. The normalized spacial score (nSPS) is 13.4. The zero-order chi connectivity index (χ0) is 13.4. The lowest BCUT2D eigenvalue weighted by Gasteiger charge is -2.29. The Labute approximate surface area is 101 Å². The topological polar surface area (TPSA) is 72.9 Å². The summed E-state index contributed by atoms with van der Waals surface area (Å²) in [6.45, 7) is 6.39. The number of carbonyl (C=O) groups excluding carboxylic acids is 3. The quantitative estimate of drug-likeness (QED) is 0.380. The Morgan fingerprint density at radius 3 is 1.65 bits per heavy atom. The highest BCUT2D eigenvalue weighted by molar-refractivity contribution is 5.70. The van der Waals surface area contributed by atoms with Crippen molar-refractivity contribution >= 4 is 18.3 Å². The van der Waals surface area contributed by atoms with E-state index in [1.807, 2.05) is 0 Å². The van der Waals surface area contributed by atoms with Crippen molar-refractivity contribution < 1.29 is 23.9 Å². The van der Waals surface area contributed by atoms with Crippen molar-refractivity contribution in [3.63, 3.8) is 0 Å². The summed E-state index contributed by atoms with van der Waals surface area (Å²) in [7, 11) is 0. The first-order chi connectivity index (χ1) is 7.96. The van der Waals surface area contributed by atoms with Crippen LogP contribution in [0.25, 0.3) is 0 Å². The van der Waals surface area contributed by atoms with Gasteiger partial charge in [-0.3, -0.25) is 19.3 Å². The van der Waals surface area contributed by atoms with Crippen molar-refractivity contribution in [3.05, 3.63) is 0 Å². The average Bonchev–Trinajstić information content (AvgIpc) is 2.29. The van der Waals surface area contributed by atoms with Crippen molar-refractivity contribution in [2.45, 2.75) is 53.0 Å². The summed E-state index contributed by atoms with van der Waals surface area (Å²) in [4.78, 5) is 34.1. The van der Waals surface area contributed by atoms with Gasteiger partial charge in [0.15, 0.2) is 12.5 Å². The Hall–Kier alpha value is -1.59. The molecule has 0 aromatic rings. The van der Waals surface area contributed by atoms with Gasteiger partial charge < -0.3 is 9.47 Å². The molecule has 1 amide bonds. The lowest BCUT2D eigenvalue weighted by atomic mass is 10.4. The van der Waals surface area contributed by atoms with Crippen LogP contribution in [0.3, 0.4) is 0 Å². The highest BCUT2D eigenvalue weighted by Gasteiger charge is 2.23. The second-order valence-electron chi connectivity index (χ2n) is 3.44. The summed E-state index contributed by atoms with van der Waals surface area (Å²) < 4.78 is 9.91. The first kappa shape index (κ1) is 15.4. The number of hydrogen-bond acceptors (Lipinski definition) is 5. The maximum absolute atomic E-state index is 11.1. The number of rotatable bonds is 7. The molecule has 0 rings (SSSR count). The highest BCUT2D eigenvalue weighted by atomic mass is 16.6. The molecule has 0 N–H and O–H groups in total. The van der Waals surface area contributed by atoms with Crippen LogP contribution in [0, 0.1) is 0 Å². The minimum atomic E-state index is -0.764. The van der Waals surface area contributed by atoms with E-state index in [-0.39, 0.29) is 12.8 Å².